The molecule has 1 aliphatic rings. The van der Waals surface area contributed by atoms with Crippen molar-refractivity contribution in [3.05, 3.63) is 35.9 Å². The van der Waals surface area contributed by atoms with Crippen molar-refractivity contribution in [2.24, 2.45) is 10.9 Å². The first-order chi connectivity index (χ1) is 13.0. The summed E-state index contributed by atoms with van der Waals surface area (Å²) in [5.74, 6) is 1.41. The molecule has 0 aliphatic carbocycles. The van der Waals surface area contributed by atoms with Gasteiger partial charge in [-0.2, -0.15) is 0 Å². The number of amides is 1. The fourth-order valence-electron chi connectivity index (χ4n) is 3.30. The SMILES string of the molecule is CC(C)CN1CCC[C@@H]1CNC(=NCc1ccccc1)NCC(=O)N(C)C. The van der Waals surface area contributed by atoms with E-state index in [0.717, 1.165) is 18.7 Å². The third-order valence-electron chi connectivity index (χ3n) is 4.77. The summed E-state index contributed by atoms with van der Waals surface area (Å²) in [6.45, 7) is 8.53. The lowest BCUT2D eigenvalue weighted by atomic mass is 10.1. The Morgan fingerprint density at radius 2 is 2.00 bits per heavy atom. The summed E-state index contributed by atoms with van der Waals surface area (Å²) in [5.41, 5.74) is 1.15. The van der Waals surface area contributed by atoms with Crippen molar-refractivity contribution in [3.63, 3.8) is 0 Å². The van der Waals surface area contributed by atoms with E-state index in [1.54, 1.807) is 19.0 Å². The van der Waals surface area contributed by atoms with Gasteiger partial charge in [0, 0.05) is 33.2 Å². The molecule has 6 heteroatoms. The molecule has 0 unspecified atom stereocenters. The van der Waals surface area contributed by atoms with Crippen LogP contribution in [-0.4, -0.2) is 68.0 Å². The Kier molecular flexibility index (Phi) is 8.58. The van der Waals surface area contributed by atoms with E-state index in [4.69, 9.17) is 0 Å². The summed E-state index contributed by atoms with van der Waals surface area (Å²) < 4.78 is 0. The van der Waals surface area contributed by atoms with E-state index < -0.39 is 0 Å². The molecule has 1 aromatic rings. The minimum atomic E-state index is 0.0338. The van der Waals surface area contributed by atoms with Gasteiger partial charge in [-0.3, -0.25) is 9.69 Å². The lowest BCUT2D eigenvalue weighted by Crippen LogP contribution is -2.47. The first-order valence-corrected chi connectivity index (χ1v) is 9.96. The van der Waals surface area contributed by atoms with Crippen molar-refractivity contribution in [2.45, 2.75) is 39.3 Å². The predicted octanol–water partition coefficient (Wildman–Crippen LogP) is 1.93. The maximum Gasteiger partial charge on any atom is 0.241 e. The van der Waals surface area contributed by atoms with Gasteiger partial charge in [0.25, 0.3) is 0 Å². The normalized spacial score (nSPS) is 18.0. The summed E-state index contributed by atoms with van der Waals surface area (Å²) in [6.07, 6.45) is 2.46. The quantitative estimate of drug-likeness (QED) is 0.540. The van der Waals surface area contributed by atoms with Crippen molar-refractivity contribution in [1.29, 1.82) is 0 Å². The molecule has 0 saturated carbocycles. The zero-order valence-corrected chi connectivity index (χ0v) is 17.2. The van der Waals surface area contributed by atoms with Crippen LogP contribution in [0.25, 0.3) is 0 Å². The van der Waals surface area contributed by atoms with Crippen LogP contribution in [0.4, 0.5) is 0 Å². The molecule has 0 aromatic heterocycles. The number of hydrogen-bond donors (Lipinski definition) is 2. The molecular formula is C21H35N5O. The van der Waals surface area contributed by atoms with Crippen molar-refractivity contribution >= 4 is 11.9 Å². The first kappa shape index (κ1) is 21.2. The molecule has 27 heavy (non-hydrogen) atoms. The highest BCUT2D eigenvalue weighted by atomic mass is 16.2. The van der Waals surface area contributed by atoms with Crippen LogP contribution in [-0.2, 0) is 11.3 Å². The monoisotopic (exact) mass is 373 g/mol. The molecule has 0 bridgehead atoms. The van der Waals surface area contributed by atoms with E-state index in [9.17, 15) is 4.79 Å². The molecule has 150 valence electrons. The second kappa shape index (κ2) is 10.9. The van der Waals surface area contributed by atoms with Gasteiger partial charge < -0.3 is 15.5 Å². The Morgan fingerprint density at radius 1 is 1.26 bits per heavy atom. The maximum atomic E-state index is 11.9. The van der Waals surface area contributed by atoms with Crippen LogP contribution in [0.2, 0.25) is 0 Å². The second-order valence-corrected chi connectivity index (χ2v) is 7.86. The lowest BCUT2D eigenvalue weighted by Gasteiger charge is -2.27. The van der Waals surface area contributed by atoms with Crippen LogP contribution in [0, 0.1) is 5.92 Å². The fourth-order valence-corrected chi connectivity index (χ4v) is 3.30. The molecule has 1 heterocycles. The smallest absolute Gasteiger partial charge is 0.241 e. The maximum absolute atomic E-state index is 11.9. The standard InChI is InChI=1S/C21H35N5O/c1-17(2)16-26-12-8-11-19(26)14-23-21(24-15-20(27)25(3)4)22-13-18-9-6-5-7-10-18/h5-7,9-10,17,19H,8,11-16H2,1-4H3,(H2,22,23,24)/t19-/m1/s1. The van der Waals surface area contributed by atoms with Crippen molar-refractivity contribution in [2.75, 3.05) is 40.3 Å². The Hall–Kier alpha value is -2.08. The number of hydrogen-bond acceptors (Lipinski definition) is 3. The van der Waals surface area contributed by atoms with Gasteiger partial charge in [-0.1, -0.05) is 44.2 Å². The highest BCUT2D eigenvalue weighted by Crippen LogP contribution is 2.17. The zero-order valence-electron chi connectivity index (χ0n) is 17.2. The highest BCUT2D eigenvalue weighted by Gasteiger charge is 2.24. The van der Waals surface area contributed by atoms with Gasteiger partial charge >= 0.3 is 0 Å². The molecule has 6 nitrogen and oxygen atoms in total. The van der Waals surface area contributed by atoms with Crippen molar-refractivity contribution < 1.29 is 4.79 Å². The lowest BCUT2D eigenvalue weighted by molar-refractivity contribution is -0.127. The van der Waals surface area contributed by atoms with Gasteiger partial charge in [0.05, 0.1) is 13.1 Å². The third-order valence-corrected chi connectivity index (χ3v) is 4.77. The fraction of sp³-hybridized carbons (Fsp3) is 0.619. The Bertz CT molecular complexity index is 600. The first-order valence-electron chi connectivity index (χ1n) is 9.96. The molecule has 1 saturated heterocycles. The number of nitrogens with zero attached hydrogens (tertiary/aromatic N) is 3. The molecule has 2 N–H and O–H groups in total. The number of nitrogens with one attached hydrogen (secondary N) is 2. The van der Waals surface area contributed by atoms with E-state index in [2.05, 4.69) is 46.5 Å². The number of carbonyl (C=O) groups is 1. The average Bonchev–Trinajstić information content (AvgIpc) is 3.07. The second-order valence-electron chi connectivity index (χ2n) is 7.86. The van der Waals surface area contributed by atoms with Crippen molar-refractivity contribution in [3.8, 4) is 0 Å². The van der Waals surface area contributed by atoms with Crippen LogP contribution in [0.3, 0.4) is 0 Å². The number of likely N-dealkylation sites (N-methyl/N-ethyl adjacent to an activating group) is 1. The molecular weight excluding hydrogens is 338 g/mol. The number of guanidine groups is 1. The van der Waals surface area contributed by atoms with E-state index in [0.29, 0.717) is 24.5 Å². The molecule has 1 amide bonds. The van der Waals surface area contributed by atoms with E-state index in [1.165, 1.54) is 19.4 Å². The summed E-state index contributed by atoms with van der Waals surface area (Å²) in [6, 6.07) is 10.7. The number of carbonyl (C=O) groups excluding carboxylic acids is 1. The summed E-state index contributed by atoms with van der Waals surface area (Å²) in [7, 11) is 3.53. The molecule has 1 fully saturated rings. The number of likely N-dealkylation sites (tertiary alicyclic amines) is 1. The van der Waals surface area contributed by atoms with E-state index in [1.807, 2.05) is 18.2 Å². The van der Waals surface area contributed by atoms with Crippen LogP contribution in [0.1, 0.15) is 32.3 Å². The topological polar surface area (TPSA) is 60.0 Å². The van der Waals surface area contributed by atoms with Crippen LogP contribution < -0.4 is 10.6 Å². The Balaban J connectivity index is 1.95. The van der Waals surface area contributed by atoms with Crippen LogP contribution >= 0.6 is 0 Å². The highest BCUT2D eigenvalue weighted by molar-refractivity contribution is 5.86. The average molecular weight is 374 g/mol. The van der Waals surface area contributed by atoms with Crippen molar-refractivity contribution in [1.82, 2.24) is 20.4 Å². The van der Waals surface area contributed by atoms with Gasteiger partial charge in [-0.05, 0) is 30.9 Å². The Labute approximate surface area is 164 Å². The molecule has 0 radical (unpaired) electrons. The molecule has 1 aromatic carbocycles. The molecule has 0 spiro atoms. The zero-order chi connectivity index (χ0) is 19.6. The minimum Gasteiger partial charge on any atom is -0.355 e. The van der Waals surface area contributed by atoms with Crippen LogP contribution in [0.5, 0.6) is 0 Å². The number of benzene rings is 1. The molecule has 2 rings (SSSR count). The number of aliphatic imine (C=N–C) groups is 1. The third kappa shape index (κ3) is 7.59. The molecule has 1 aliphatic heterocycles. The summed E-state index contributed by atoms with van der Waals surface area (Å²) in [4.78, 5) is 20.8. The summed E-state index contributed by atoms with van der Waals surface area (Å²) >= 11 is 0. The van der Waals surface area contributed by atoms with Gasteiger partial charge in [-0.15, -0.1) is 0 Å². The van der Waals surface area contributed by atoms with Gasteiger partial charge in [0.15, 0.2) is 5.96 Å². The van der Waals surface area contributed by atoms with E-state index in [-0.39, 0.29) is 12.5 Å². The minimum absolute atomic E-state index is 0.0338. The van der Waals surface area contributed by atoms with Gasteiger partial charge in [0.1, 0.15) is 0 Å². The molecule has 1 atom stereocenters. The van der Waals surface area contributed by atoms with E-state index >= 15 is 0 Å². The van der Waals surface area contributed by atoms with Gasteiger partial charge in [0.2, 0.25) is 5.91 Å². The predicted molar refractivity (Wildman–Crippen MR) is 112 cm³/mol. The van der Waals surface area contributed by atoms with Crippen LogP contribution in [0.15, 0.2) is 35.3 Å². The summed E-state index contributed by atoms with van der Waals surface area (Å²) in [5, 5.41) is 6.64. The van der Waals surface area contributed by atoms with Gasteiger partial charge in [-0.25, -0.2) is 4.99 Å². The largest absolute Gasteiger partial charge is 0.355 e. The Morgan fingerprint density at radius 3 is 2.67 bits per heavy atom. The number of rotatable bonds is 8.